The fourth-order valence-electron chi connectivity index (χ4n) is 1.42. The molecule has 2 aromatic rings. The summed E-state index contributed by atoms with van der Waals surface area (Å²) in [5, 5.41) is 10.2. The fourth-order valence-corrected chi connectivity index (χ4v) is 2.49. The summed E-state index contributed by atoms with van der Waals surface area (Å²) in [6.07, 6.45) is 3.56. The van der Waals surface area contributed by atoms with Crippen LogP contribution in [0.5, 0.6) is 0 Å². The fraction of sp³-hybridized carbons (Fsp3) is 0.273. The van der Waals surface area contributed by atoms with Gasteiger partial charge in [0, 0.05) is 26.0 Å². The van der Waals surface area contributed by atoms with E-state index in [9.17, 15) is 0 Å². The van der Waals surface area contributed by atoms with Gasteiger partial charge in [-0.15, -0.1) is 0 Å². The van der Waals surface area contributed by atoms with E-state index in [2.05, 4.69) is 9.97 Å². The van der Waals surface area contributed by atoms with Crippen molar-refractivity contribution < 1.29 is 5.11 Å². The molecule has 0 aliphatic heterocycles. The Labute approximate surface area is 109 Å². The molecule has 1 N–H and O–H groups in total. The molecule has 4 nitrogen and oxygen atoms in total. The number of aliphatic hydroxyl groups is 1. The number of thiazole rings is 1. The van der Waals surface area contributed by atoms with Crippen molar-refractivity contribution >= 4 is 28.1 Å². The van der Waals surface area contributed by atoms with Crippen LogP contribution in [0.15, 0.2) is 24.5 Å². The van der Waals surface area contributed by atoms with Crippen LogP contribution in [0.1, 0.15) is 10.4 Å². The standard InChI is InChI=1S/C11H12ClN3OS/c1-15(6-8-3-2-4-13-5-8)11-14-10(12)9(7-16)17-11/h2-5,16H,6-7H2,1H3. The molecule has 2 aromatic heterocycles. The maximum atomic E-state index is 9.06. The lowest BCUT2D eigenvalue weighted by molar-refractivity contribution is 0.285. The van der Waals surface area contributed by atoms with E-state index in [1.54, 1.807) is 6.20 Å². The van der Waals surface area contributed by atoms with Crippen molar-refractivity contribution in [2.45, 2.75) is 13.2 Å². The summed E-state index contributed by atoms with van der Waals surface area (Å²) in [4.78, 5) is 10.9. The molecule has 0 aliphatic carbocycles. The van der Waals surface area contributed by atoms with Crippen LogP contribution in [0.3, 0.4) is 0 Å². The summed E-state index contributed by atoms with van der Waals surface area (Å²) in [6, 6.07) is 3.91. The summed E-state index contributed by atoms with van der Waals surface area (Å²) in [5.74, 6) is 0. The quantitative estimate of drug-likeness (QED) is 0.925. The van der Waals surface area contributed by atoms with E-state index in [1.807, 2.05) is 30.3 Å². The van der Waals surface area contributed by atoms with Gasteiger partial charge >= 0.3 is 0 Å². The largest absolute Gasteiger partial charge is 0.391 e. The van der Waals surface area contributed by atoms with Gasteiger partial charge in [-0.1, -0.05) is 29.0 Å². The monoisotopic (exact) mass is 269 g/mol. The number of aromatic nitrogens is 2. The molecule has 6 heteroatoms. The lowest BCUT2D eigenvalue weighted by Crippen LogP contribution is -2.16. The Hall–Kier alpha value is -1.17. The van der Waals surface area contributed by atoms with E-state index in [0.29, 0.717) is 16.6 Å². The molecule has 0 bridgehead atoms. The van der Waals surface area contributed by atoms with E-state index >= 15 is 0 Å². The summed E-state index contributed by atoms with van der Waals surface area (Å²) >= 11 is 7.29. The molecule has 90 valence electrons. The molecule has 17 heavy (non-hydrogen) atoms. The topological polar surface area (TPSA) is 49.2 Å². The molecule has 2 rings (SSSR count). The summed E-state index contributed by atoms with van der Waals surface area (Å²) in [5.41, 5.74) is 1.10. The lowest BCUT2D eigenvalue weighted by Gasteiger charge is -2.14. The maximum absolute atomic E-state index is 9.06. The molecule has 0 saturated carbocycles. The lowest BCUT2D eigenvalue weighted by atomic mass is 10.3. The number of aliphatic hydroxyl groups excluding tert-OH is 1. The van der Waals surface area contributed by atoms with Crippen LogP contribution < -0.4 is 4.90 Å². The van der Waals surface area contributed by atoms with Crippen LogP contribution in [0.2, 0.25) is 5.15 Å². The van der Waals surface area contributed by atoms with Crippen LogP contribution in [0.4, 0.5) is 5.13 Å². The average Bonchev–Trinajstić information content (AvgIpc) is 2.72. The maximum Gasteiger partial charge on any atom is 0.187 e. The Bertz CT molecular complexity index is 489. The van der Waals surface area contributed by atoms with Crippen molar-refractivity contribution in [2.75, 3.05) is 11.9 Å². The Morgan fingerprint density at radius 3 is 2.94 bits per heavy atom. The molecule has 0 fully saturated rings. The number of pyridine rings is 1. The minimum Gasteiger partial charge on any atom is -0.391 e. The Morgan fingerprint density at radius 1 is 1.53 bits per heavy atom. The molecule has 0 aromatic carbocycles. The van der Waals surface area contributed by atoms with E-state index in [4.69, 9.17) is 16.7 Å². The molecule has 0 atom stereocenters. The van der Waals surface area contributed by atoms with Crippen molar-refractivity contribution in [3.63, 3.8) is 0 Å². The zero-order chi connectivity index (χ0) is 12.3. The third-order valence-electron chi connectivity index (χ3n) is 2.25. The van der Waals surface area contributed by atoms with Gasteiger partial charge in [0.05, 0.1) is 11.5 Å². The van der Waals surface area contributed by atoms with Gasteiger partial charge in [0.2, 0.25) is 0 Å². The second-order valence-electron chi connectivity index (χ2n) is 3.59. The Morgan fingerprint density at radius 2 is 2.35 bits per heavy atom. The first-order valence-electron chi connectivity index (χ1n) is 5.07. The molecule has 0 aliphatic rings. The van der Waals surface area contributed by atoms with Gasteiger partial charge in [0.25, 0.3) is 0 Å². The van der Waals surface area contributed by atoms with Gasteiger partial charge in [-0.25, -0.2) is 4.98 Å². The number of nitrogens with zero attached hydrogens (tertiary/aromatic N) is 3. The molecular formula is C11H12ClN3OS. The van der Waals surface area contributed by atoms with Crippen molar-refractivity contribution in [1.29, 1.82) is 0 Å². The predicted octanol–water partition coefficient (Wildman–Crippen LogP) is 2.32. The van der Waals surface area contributed by atoms with Crippen LogP contribution in [0, 0.1) is 0 Å². The van der Waals surface area contributed by atoms with E-state index < -0.39 is 0 Å². The van der Waals surface area contributed by atoms with E-state index in [0.717, 1.165) is 10.7 Å². The molecule has 0 saturated heterocycles. The Balaban J connectivity index is 2.12. The van der Waals surface area contributed by atoms with E-state index in [-0.39, 0.29) is 6.61 Å². The molecular weight excluding hydrogens is 258 g/mol. The highest BCUT2D eigenvalue weighted by atomic mass is 35.5. The number of hydrogen-bond donors (Lipinski definition) is 1. The van der Waals surface area contributed by atoms with Gasteiger partial charge in [-0.2, -0.15) is 0 Å². The zero-order valence-corrected chi connectivity index (χ0v) is 10.9. The second-order valence-corrected chi connectivity index (χ2v) is 5.01. The van der Waals surface area contributed by atoms with E-state index in [1.165, 1.54) is 11.3 Å². The average molecular weight is 270 g/mol. The van der Waals surface area contributed by atoms with Gasteiger partial charge in [0.15, 0.2) is 5.13 Å². The van der Waals surface area contributed by atoms with Crippen LogP contribution in [0.25, 0.3) is 0 Å². The number of anilines is 1. The van der Waals surface area contributed by atoms with Crippen LogP contribution in [-0.4, -0.2) is 22.1 Å². The van der Waals surface area contributed by atoms with Gasteiger partial charge in [0.1, 0.15) is 5.15 Å². The van der Waals surface area contributed by atoms with Crippen molar-refractivity contribution in [3.05, 3.63) is 40.1 Å². The van der Waals surface area contributed by atoms with Crippen molar-refractivity contribution in [1.82, 2.24) is 9.97 Å². The van der Waals surface area contributed by atoms with Gasteiger partial charge in [-0.05, 0) is 11.6 Å². The number of rotatable bonds is 4. The normalized spacial score (nSPS) is 10.5. The smallest absolute Gasteiger partial charge is 0.187 e. The second kappa shape index (κ2) is 5.44. The van der Waals surface area contributed by atoms with Crippen LogP contribution >= 0.6 is 22.9 Å². The molecule has 0 radical (unpaired) electrons. The summed E-state index contributed by atoms with van der Waals surface area (Å²) < 4.78 is 0. The first-order valence-corrected chi connectivity index (χ1v) is 6.26. The van der Waals surface area contributed by atoms with Gasteiger partial charge < -0.3 is 10.0 Å². The number of hydrogen-bond acceptors (Lipinski definition) is 5. The number of halogens is 1. The first-order chi connectivity index (χ1) is 8.20. The molecule has 0 unspecified atom stereocenters. The SMILES string of the molecule is CN(Cc1cccnc1)c1nc(Cl)c(CO)s1. The minimum absolute atomic E-state index is 0.0722. The van der Waals surface area contributed by atoms with Crippen molar-refractivity contribution in [3.8, 4) is 0 Å². The predicted molar refractivity (Wildman–Crippen MR) is 69.4 cm³/mol. The summed E-state index contributed by atoms with van der Waals surface area (Å²) in [7, 11) is 1.93. The van der Waals surface area contributed by atoms with Crippen molar-refractivity contribution in [2.24, 2.45) is 0 Å². The third kappa shape index (κ3) is 2.94. The molecule has 2 heterocycles. The molecule has 0 spiro atoms. The zero-order valence-electron chi connectivity index (χ0n) is 9.30. The highest BCUT2D eigenvalue weighted by Crippen LogP contribution is 2.29. The first kappa shape index (κ1) is 12.3. The Kier molecular flexibility index (Phi) is 3.93. The highest BCUT2D eigenvalue weighted by molar-refractivity contribution is 7.16. The third-order valence-corrected chi connectivity index (χ3v) is 3.83. The highest BCUT2D eigenvalue weighted by Gasteiger charge is 2.12. The van der Waals surface area contributed by atoms with Gasteiger partial charge in [-0.3, -0.25) is 4.98 Å². The minimum atomic E-state index is -0.0722. The van der Waals surface area contributed by atoms with Crippen LogP contribution in [-0.2, 0) is 13.2 Å². The molecule has 0 amide bonds. The summed E-state index contributed by atoms with van der Waals surface area (Å²) in [6.45, 7) is 0.639.